The van der Waals surface area contributed by atoms with Gasteiger partial charge in [-0.3, -0.25) is 4.79 Å². The second-order valence-corrected chi connectivity index (χ2v) is 9.91. The summed E-state index contributed by atoms with van der Waals surface area (Å²) in [5, 5.41) is 0. The van der Waals surface area contributed by atoms with Crippen molar-refractivity contribution in [2.24, 2.45) is 0 Å². The Balaban J connectivity index is 1.70. The first-order chi connectivity index (χ1) is 18.2. The zero-order chi connectivity index (χ0) is 28.5. The summed E-state index contributed by atoms with van der Waals surface area (Å²) in [7, 11) is 3.42. The number of carbonyl (C=O) groups excluding carboxylic acids is 1. The van der Waals surface area contributed by atoms with Crippen LogP contribution in [0.4, 0.5) is 32.0 Å². The molecule has 0 radical (unpaired) electrons. The third kappa shape index (κ3) is 6.55. The summed E-state index contributed by atoms with van der Waals surface area (Å²) in [6.07, 6.45) is -9.93. The van der Waals surface area contributed by atoms with Crippen molar-refractivity contribution in [1.29, 1.82) is 0 Å². The fourth-order valence-corrected chi connectivity index (χ4v) is 4.74. The maximum Gasteiger partial charge on any atom is 0.416 e. The second-order valence-electron chi connectivity index (χ2n) is 9.91. The Labute approximate surface area is 223 Å². The van der Waals surface area contributed by atoms with Gasteiger partial charge < -0.3 is 14.7 Å². The minimum absolute atomic E-state index is 0.0820. The lowest BCUT2D eigenvalue weighted by Crippen LogP contribution is -2.44. The molecule has 39 heavy (non-hydrogen) atoms. The van der Waals surface area contributed by atoms with E-state index in [0.29, 0.717) is 23.3 Å². The number of anilines is 1. The van der Waals surface area contributed by atoms with Crippen molar-refractivity contribution < 1.29 is 31.1 Å². The van der Waals surface area contributed by atoms with E-state index in [1.54, 1.807) is 6.07 Å². The van der Waals surface area contributed by atoms with Crippen LogP contribution in [-0.4, -0.2) is 56.0 Å². The van der Waals surface area contributed by atoms with Crippen LogP contribution in [0.1, 0.15) is 32.6 Å². The molecule has 0 aliphatic carbocycles. The summed E-state index contributed by atoms with van der Waals surface area (Å²) in [5.41, 5.74) is 0.568. The lowest BCUT2D eigenvalue weighted by Gasteiger charge is -2.34. The van der Waals surface area contributed by atoms with Crippen LogP contribution in [0.3, 0.4) is 0 Å². The number of likely N-dealkylation sites (N-methyl/N-ethyl adjacent to an activating group) is 1. The molecule has 3 aromatic rings. The molecule has 4 nitrogen and oxygen atoms in total. The number of piperazine rings is 1. The highest BCUT2D eigenvalue weighted by atomic mass is 19.4. The number of alkyl halides is 6. The zero-order valence-electron chi connectivity index (χ0n) is 21.8. The van der Waals surface area contributed by atoms with Crippen LogP contribution in [0, 0.1) is 6.92 Å². The van der Waals surface area contributed by atoms with E-state index in [2.05, 4.69) is 16.8 Å². The predicted molar refractivity (Wildman–Crippen MR) is 139 cm³/mol. The number of carbonyl (C=O) groups is 1. The molecule has 0 saturated carbocycles. The minimum atomic E-state index is -4.96. The molecule has 1 aliphatic rings. The van der Waals surface area contributed by atoms with E-state index in [0.717, 1.165) is 47.9 Å². The van der Waals surface area contributed by atoms with Gasteiger partial charge in [-0.05, 0) is 72.6 Å². The number of rotatable bonds is 5. The van der Waals surface area contributed by atoms with Crippen molar-refractivity contribution in [2.45, 2.75) is 25.8 Å². The minimum Gasteiger partial charge on any atom is -0.369 e. The van der Waals surface area contributed by atoms with Crippen LogP contribution in [0.15, 0.2) is 60.7 Å². The fourth-order valence-electron chi connectivity index (χ4n) is 4.74. The SMILES string of the molecule is Cc1ccccc1-c1cc(N2CCN(C)CC2)ccc1C(=O)N(C)Cc1cc(C(F)(F)F)cc(C(F)(F)F)c1. The standard InChI is InChI=1S/C29H29F6N3O/c1-19-6-4-5-7-24(19)26-17-23(38-12-10-36(2)11-13-38)8-9-25(26)27(39)37(3)18-20-14-21(28(30,31)32)16-22(15-20)29(33,34)35/h4-9,14-17H,10-13,18H2,1-3H3. The van der Waals surface area contributed by atoms with Gasteiger partial charge in [0.05, 0.1) is 11.1 Å². The summed E-state index contributed by atoms with van der Waals surface area (Å²) in [6.45, 7) is 4.89. The van der Waals surface area contributed by atoms with Crippen molar-refractivity contribution in [2.75, 3.05) is 45.2 Å². The van der Waals surface area contributed by atoms with Gasteiger partial charge in [-0.25, -0.2) is 0 Å². The van der Waals surface area contributed by atoms with Crippen molar-refractivity contribution in [3.8, 4) is 11.1 Å². The Morgan fingerprint density at radius 2 is 1.41 bits per heavy atom. The highest BCUT2D eigenvalue weighted by Gasteiger charge is 2.37. The first-order valence-corrected chi connectivity index (χ1v) is 12.4. The molecule has 0 spiro atoms. The average Bonchev–Trinajstić information content (AvgIpc) is 2.87. The van der Waals surface area contributed by atoms with Gasteiger partial charge >= 0.3 is 12.4 Å². The first kappa shape index (κ1) is 28.5. The van der Waals surface area contributed by atoms with Crippen molar-refractivity contribution in [1.82, 2.24) is 9.80 Å². The quantitative estimate of drug-likeness (QED) is 0.331. The molecule has 1 fully saturated rings. The molecule has 0 N–H and O–H groups in total. The molecule has 1 heterocycles. The Bertz CT molecular complexity index is 1310. The summed E-state index contributed by atoms with van der Waals surface area (Å²) in [5.74, 6) is -0.510. The molecule has 0 bridgehead atoms. The lowest BCUT2D eigenvalue weighted by molar-refractivity contribution is -0.143. The Kier molecular flexibility index (Phi) is 7.97. The normalized spacial score (nSPS) is 14.9. The van der Waals surface area contributed by atoms with Crippen LogP contribution >= 0.6 is 0 Å². The second kappa shape index (κ2) is 10.9. The molecule has 208 valence electrons. The number of hydrogen-bond donors (Lipinski definition) is 0. The fraction of sp³-hybridized carbons (Fsp3) is 0.345. The summed E-state index contributed by atoms with van der Waals surface area (Å²) >= 11 is 0. The van der Waals surface area contributed by atoms with Crippen LogP contribution < -0.4 is 4.90 Å². The zero-order valence-corrected chi connectivity index (χ0v) is 21.8. The van der Waals surface area contributed by atoms with Crippen molar-refractivity contribution in [3.05, 3.63) is 88.5 Å². The first-order valence-electron chi connectivity index (χ1n) is 12.4. The molecule has 0 atom stereocenters. The van der Waals surface area contributed by atoms with Crippen LogP contribution in [0.2, 0.25) is 0 Å². The largest absolute Gasteiger partial charge is 0.416 e. The van der Waals surface area contributed by atoms with Gasteiger partial charge in [0.1, 0.15) is 0 Å². The number of halogens is 6. The molecule has 3 aromatic carbocycles. The highest BCUT2D eigenvalue weighted by Crippen LogP contribution is 2.37. The summed E-state index contributed by atoms with van der Waals surface area (Å²) in [4.78, 5) is 19.2. The van der Waals surface area contributed by atoms with Crippen LogP contribution in [-0.2, 0) is 18.9 Å². The van der Waals surface area contributed by atoms with Gasteiger partial charge in [0.25, 0.3) is 5.91 Å². The number of amides is 1. The van der Waals surface area contributed by atoms with E-state index >= 15 is 0 Å². The molecule has 10 heteroatoms. The molecule has 0 aromatic heterocycles. The van der Waals surface area contributed by atoms with E-state index in [9.17, 15) is 31.1 Å². The van der Waals surface area contributed by atoms with Crippen molar-refractivity contribution in [3.63, 3.8) is 0 Å². The number of hydrogen-bond acceptors (Lipinski definition) is 3. The van der Waals surface area contributed by atoms with Crippen LogP contribution in [0.5, 0.6) is 0 Å². The molecule has 1 saturated heterocycles. The highest BCUT2D eigenvalue weighted by molar-refractivity contribution is 6.02. The van der Waals surface area contributed by atoms with Crippen LogP contribution in [0.25, 0.3) is 11.1 Å². The smallest absolute Gasteiger partial charge is 0.369 e. The number of benzene rings is 3. The molecule has 4 rings (SSSR count). The summed E-state index contributed by atoms with van der Waals surface area (Å²) in [6, 6.07) is 14.4. The maximum absolute atomic E-state index is 13.6. The average molecular weight is 550 g/mol. The van der Waals surface area contributed by atoms with E-state index < -0.39 is 35.9 Å². The van der Waals surface area contributed by atoms with Gasteiger partial charge in [-0.1, -0.05) is 24.3 Å². The van der Waals surface area contributed by atoms with Gasteiger partial charge in [-0.15, -0.1) is 0 Å². The topological polar surface area (TPSA) is 26.8 Å². The molecular formula is C29H29F6N3O. The Morgan fingerprint density at radius 3 is 1.97 bits per heavy atom. The number of nitrogens with zero attached hydrogens (tertiary/aromatic N) is 3. The molecule has 1 amide bonds. The third-order valence-corrected chi connectivity index (χ3v) is 6.95. The summed E-state index contributed by atoms with van der Waals surface area (Å²) < 4.78 is 80.0. The van der Waals surface area contributed by atoms with E-state index in [4.69, 9.17) is 0 Å². The van der Waals surface area contributed by atoms with Crippen molar-refractivity contribution >= 4 is 11.6 Å². The van der Waals surface area contributed by atoms with Gasteiger partial charge in [0.2, 0.25) is 0 Å². The molecule has 1 aliphatic heterocycles. The Hall–Kier alpha value is -3.53. The Morgan fingerprint density at radius 1 is 0.821 bits per heavy atom. The van der Waals surface area contributed by atoms with Gasteiger partial charge in [-0.2, -0.15) is 26.3 Å². The predicted octanol–water partition coefficient (Wildman–Crippen LogP) is 6.72. The molecular weight excluding hydrogens is 520 g/mol. The number of aryl methyl sites for hydroxylation is 1. The monoisotopic (exact) mass is 549 g/mol. The van der Waals surface area contributed by atoms with E-state index in [-0.39, 0.29) is 11.6 Å². The lowest BCUT2D eigenvalue weighted by atomic mass is 9.94. The van der Waals surface area contributed by atoms with E-state index in [1.165, 1.54) is 7.05 Å². The maximum atomic E-state index is 13.6. The molecule has 0 unspecified atom stereocenters. The van der Waals surface area contributed by atoms with Gasteiger partial charge in [0, 0.05) is 51.0 Å². The van der Waals surface area contributed by atoms with Gasteiger partial charge in [0.15, 0.2) is 0 Å². The van der Waals surface area contributed by atoms with E-state index in [1.807, 2.05) is 43.3 Å². The third-order valence-electron chi connectivity index (χ3n) is 6.95.